The lowest BCUT2D eigenvalue weighted by atomic mass is 10.5. The molecule has 106 valence electrons. The summed E-state index contributed by atoms with van der Waals surface area (Å²) in [7, 11) is -2.59. The zero-order valence-electron chi connectivity index (χ0n) is 11.6. The molecule has 0 aromatic carbocycles. The van der Waals surface area contributed by atoms with E-state index in [4.69, 9.17) is 18.0 Å². The van der Waals surface area contributed by atoms with Crippen LogP contribution < -0.4 is 0 Å². The Morgan fingerprint density at radius 2 is 1.61 bits per heavy atom. The highest BCUT2D eigenvalue weighted by Crippen LogP contribution is 2.18. The third-order valence-corrected chi connectivity index (χ3v) is 5.28. The zero-order chi connectivity index (χ0) is 13.9. The van der Waals surface area contributed by atoms with Crippen molar-refractivity contribution in [1.29, 1.82) is 0 Å². The lowest BCUT2D eigenvalue weighted by Crippen LogP contribution is -2.46. The molecule has 0 aliphatic heterocycles. The predicted octanol–water partition coefficient (Wildman–Crippen LogP) is 2.15. The Morgan fingerprint density at radius 3 is 2.00 bits per heavy atom. The molecule has 6 heteroatoms. The van der Waals surface area contributed by atoms with Gasteiger partial charge in [-0.05, 0) is 27.2 Å². The van der Waals surface area contributed by atoms with Crippen molar-refractivity contribution in [2.24, 2.45) is 0 Å². The van der Waals surface area contributed by atoms with E-state index in [2.05, 4.69) is 6.58 Å². The van der Waals surface area contributed by atoms with Crippen LogP contribution in [0, 0.1) is 0 Å². The monoisotopic (exact) mass is 276 g/mol. The van der Waals surface area contributed by atoms with E-state index in [0.29, 0.717) is 38.9 Å². The molecule has 0 amide bonds. The van der Waals surface area contributed by atoms with Crippen molar-refractivity contribution in [3.8, 4) is 0 Å². The van der Waals surface area contributed by atoms with Gasteiger partial charge in [-0.1, -0.05) is 6.58 Å². The molecule has 0 saturated heterocycles. The van der Waals surface area contributed by atoms with E-state index in [0.717, 1.165) is 6.08 Å². The van der Waals surface area contributed by atoms with E-state index in [9.17, 15) is 4.79 Å². The Hall–Kier alpha value is -0.693. The fourth-order valence-electron chi connectivity index (χ4n) is 1.52. The largest absolute Gasteiger partial charge is 0.501 e. The molecule has 5 nitrogen and oxygen atoms in total. The third-order valence-electron chi connectivity index (χ3n) is 2.13. The van der Waals surface area contributed by atoms with Crippen LogP contribution in [0.2, 0.25) is 6.04 Å². The van der Waals surface area contributed by atoms with Gasteiger partial charge < -0.3 is 18.0 Å². The Balaban J connectivity index is 4.20. The van der Waals surface area contributed by atoms with Gasteiger partial charge in [-0.3, -0.25) is 0 Å². The van der Waals surface area contributed by atoms with E-state index in [-0.39, 0.29) is 0 Å². The third kappa shape index (κ3) is 6.90. The van der Waals surface area contributed by atoms with E-state index in [1.807, 2.05) is 20.8 Å². The first-order valence-electron chi connectivity index (χ1n) is 6.35. The average molecular weight is 276 g/mol. The highest BCUT2D eigenvalue weighted by Gasteiger charge is 2.39. The summed E-state index contributed by atoms with van der Waals surface area (Å²) in [6.07, 6.45) is 1.81. The number of rotatable bonds is 11. The summed E-state index contributed by atoms with van der Waals surface area (Å²) in [5, 5.41) is 0. The Morgan fingerprint density at radius 1 is 1.11 bits per heavy atom. The molecule has 0 N–H and O–H groups in total. The smallest absolute Gasteiger partial charge is 0.463 e. The summed E-state index contributed by atoms with van der Waals surface area (Å²) in [5.41, 5.74) is 0. The van der Waals surface area contributed by atoms with Crippen molar-refractivity contribution in [3.05, 3.63) is 12.7 Å². The van der Waals surface area contributed by atoms with Crippen molar-refractivity contribution in [2.45, 2.75) is 33.2 Å². The summed E-state index contributed by atoms with van der Waals surface area (Å²) in [6, 6.07) is 0.646. The van der Waals surface area contributed by atoms with Crippen LogP contribution in [0.15, 0.2) is 12.7 Å². The van der Waals surface area contributed by atoms with E-state index in [1.165, 1.54) is 0 Å². The SMILES string of the molecule is C=CC(=O)OCCC[Si](OCC)(OCC)OCC. The van der Waals surface area contributed by atoms with Crippen molar-refractivity contribution >= 4 is 14.8 Å². The summed E-state index contributed by atoms with van der Waals surface area (Å²) in [5.74, 6) is -0.411. The van der Waals surface area contributed by atoms with Crippen LogP contribution in [0.4, 0.5) is 0 Å². The first-order valence-corrected chi connectivity index (χ1v) is 8.28. The molecule has 0 atom stereocenters. The van der Waals surface area contributed by atoms with Gasteiger partial charge in [-0.25, -0.2) is 4.79 Å². The van der Waals surface area contributed by atoms with Crippen LogP contribution >= 0.6 is 0 Å². The maximum atomic E-state index is 10.9. The number of ether oxygens (including phenoxy) is 1. The normalized spacial score (nSPS) is 11.3. The number of carbonyl (C=O) groups excluding carboxylic acids is 1. The molecular formula is C12H24O5Si. The second kappa shape index (κ2) is 10.2. The molecule has 0 saturated carbocycles. The first kappa shape index (κ1) is 17.3. The molecule has 0 aromatic heterocycles. The minimum atomic E-state index is -2.59. The lowest BCUT2D eigenvalue weighted by molar-refractivity contribution is -0.137. The van der Waals surface area contributed by atoms with E-state index >= 15 is 0 Å². The molecule has 0 fully saturated rings. The molecular weight excluding hydrogens is 252 g/mol. The van der Waals surface area contributed by atoms with Gasteiger partial charge in [0.25, 0.3) is 0 Å². The predicted molar refractivity (Wildman–Crippen MR) is 71.2 cm³/mol. The van der Waals surface area contributed by atoms with Crippen molar-refractivity contribution < 1.29 is 22.8 Å². The molecule has 0 bridgehead atoms. The van der Waals surface area contributed by atoms with Gasteiger partial charge in [0.05, 0.1) is 6.61 Å². The highest BCUT2D eigenvalue weighted by atomic mass is 28.4. The van der Waals surface area contributed by atoms with Crippen LogP contribution in [0.3, 0.4) is 0 Å². The molecule has 0 heterocycles. The van der Waals surface area contributed by atoms with Crippen LogP contribution in [0.25, 0.3) is 0 Å². The molecule has 0 rings (SSSR count). The molecule has 0 aromatic rings. The fraction of sp³-hybridized carbons (Fsp3) is 0.750. The van der Waals surface area contributed by atoms with Gasteiger partial charge in [-0.2, -0.15) is 0 Å². The minimum Gasteiger partial charge on any atom is -0.463 e. The standard InChI is InChI=1S/C12H24O5Si/c1-5-12(13)14-10-9-11-18(15-6-2,16-7-3)17-8-4/h5H,1,6-11H2,2-4H3. The van der Waals surface area contributed by atoms with E-state index < -0.39 is 14.8 Å². The van der Waals surface area contributed by atoms with Crippen LogP contribution in [-0.4, -0.2) is 41.2 Å². The lowest BCUT2D eigenvalue weighted by Gasteiger charge is -2.28. The Bertz CT molecular complexity index is 228. The summed E-state index contributed by atoms with van der Waals surface area (Å²) in [4.78, 5) is 10.9. The summed E-state index contributed by atoms with van der Waals surface area (Å²) >= 11 is 0. The van der Waals surface area contributed by atoms with Gasteiger partial charge in [-0.15, -0.1) is 0 Å². The Kier molecular flexibility index (Phi) is 9.86. The molecule has 0 unspecified atom stereocenters. The second-order valence-corrected chi connectivity index (χ2v) is 6.19. The number of hydrogen-bond acceptors (Lipinski definition) is 5. The number of esters is 1. The van der Waals surface area contributed by atoms with Crippen molar-refractivity contribution in [1.82, 2.24) is 0 Å². The maximum absolute atomic E-state index is 10.9. The number of hydrogen-bond donors (Lipinski definition) is 0. The van der Waals surface area contributed by atoms with Gasteiger partial charge in [0.15, 0.2) is 0 Å². The van der Waals surface area contributed by atoms with Crippen molar-refractivity contribution in [3.63, 3.8) is 0 Å². The molecule has 18 heavy (non-hydrogen) atoms. The zero-order valence-corrected chi connectivity index (χ0v) is 12.6. The highest BCUT2D eigenvalue weighted by molar-refractivity contribution is 6.60. The van der Waals surface area contributed by atoms with Crippen LogP contribution in [0.1, 0.15) is 27.2 Å². The Labute approximate surface area is 110 Å². The molecule has 0 spiro atoms. The molecule has 0 radical (unpaired) electrons. The summed E-state index contributed by atoms with van der Waals surface area (Å²) in [6.45, 7) is 11.1. The minimum absolute atomic E-state index is 0.326. The van der Waals surface area contributed by atoms with Crippen molar-refractivity contribution in [2.75, 3.05) is 26.4 Å². The maximum Gasteiger partial charge on any atom is 0.501 e. The van der Waals surface area contributed by atoms with E-state index in [1.54, 1.807) is 0 Å². The fourth-order valence-corrected chi connectivity index (χ4v) is 4.10. The molecule has 0 aliphatic rings. The first-order chi connectivity index (χ1) is 8.64. The van der Waals surface area contributed by atoms with Gasteiger partial charge in [0.2, 0.25) is 0 Å². The van der Waals surface area contributed by atoms with Gasteiger partial charge in [0.1, 0.15) is 0 Å². The quantitative estimate of drug-likeness (QED) is 0.250. The summed E-state index contributed by atoms with van der Waals surface area (Å²) < 4.78 is 22.0. The molecule has 0 aliphatic carbocycles. The van der Waals surface area contributed by atoms with Gasteiger partial charge >= 0.3 is 14.8 Å². The second-order valence-electron chi connectivity index (χ2n) is 3.46. The van der Waals surface area contributed by atoms with Crippen LogP contribution in [-0.2, 0) is 22.8 Å². The average Bonchev–Trinajstić information content (AvgIpc) is 2.35. The topological polar surface area (TPSA) is 54.0 Å². The van der Waals surface area contributed by atoms with Gasteiger partial charge in [0, 0.05) is 31.9 Å². The van der Waals surface area contributed by atoms with Crippen LogP contribution in [0.5, 0.6) is 0 Å². The number of carbonyl (C=O) groups is 1.